The van der Waals surface area contributed by atoms with E-state index in [1.165, 1.54) is 11.1 Å². The maximum absolute atomic E-state index is 11.8. The number of rotatable bonds is 0. The normalized spacial score (nSPS) is 31.7. The molecule has 16 heavy (non-hydrogen) atoms. The molecule has 0 aromatic heterocycles. The van der Waals surface area contributed by atoms with Gasteiger partial charge in [0.1, 0.15) is 5.78 Å². The maximum atomic E-state index is 11.8. The van der Waals surface area contributed by atoms with Gasteiger partial charge in [-0.3, -0.25) is 4.79 Å². The summed E-state index contributed by atoms with van der Waals surface area (Å²) in [5, 5.41) is 0. The van der Waals surface area contributed by atoms with Crippen molar-refractivity contribution in [1.82, 2.24) is 0 Å². The Labute approximate surface area is 99.6 Å². The smallest absolute Gasteiger partial charge is 0.136 e. The summed E-state index contributed by atoms with van der Waals surface area (Å²) in [7, 11) is 0. The van der Waals surface area contributed by atoms with Crippen molar-refractivity contribution in [3.8, 4) is 0 Å². The fourth-order valence-corrected chi connectivity index (χ4v) is 2.06. The van der Waals surface area contributed by atoms with Gasteiger partial charge in [-0.1, -0.05) is 30.2 Å². The third-order valence-corrected chi connectivity index (χ3v) is 3.44. The number of ketones is 1. The van der Waals surface area contributed by atoms with Gasteiger partial charge in [-0.05, 0) is 46.0 Å². The van der Waals surface area contributed by atoms with E-state index in [-0.39, 0.29) is 5.92 Å². The Bertz CT molecular complexity index is 297. The molecule has 1 atom stereocenters. The highest BCUT2D eigenvalue weighted by atomic mass is 16.1. The third kappa shape index (κ3) is 4.78. The van der Waals surface area contributed by atoms with Gasteiger partial charge in [0.15, 0.2) is 0 Å². The number of carbonyl (C=O) groups is 1. The minimum Gasteiger partial charge on any atom is -0.299 e. The summed E-state index contributed by atoms with van der Waals surface area (Å²) in [5.41, 5.74) is 2.86. The lowest BCUT2D eigenvalue weighted by molar-refractivity contribution is -0.122. The first-order valence-corrected chi connectivity index (χ1v) is 6.43. The molecule has 1 rings (SSSR count). The molecule has 1 aliphatic rings. The molecule has 0 aromatic rings. The van der Waals surface area contributed by atoms with Gasteiger partial charge in [-0.2, -0.15) is 0 Å². The zero-order valence-corrected chi connectivity index (χ0v) is 10.9. The lowest BCUT2D eigenvalue weighted by Gasteiger charge is -2.11. The van der Waals surface area contributed by atoms with Crippen molar-refractivity contribution in [2.75, 3.05) is 0 Å². The molecule has 0 amide bonds. The topological polar surface area (TPSA) is 17.1 Å². The van der Waals surface area contributed by atoms with Crippen LogP contribution in [0.15, 0.2) is 23.3 Å². The second-order valence-electron chi connectivity index (χ2n) is 5.08. The van der Waals surface area contributed by atoms with Crippen molar-refractivity contribution in [2.24, 2.45) is 5.92 Å². The third-order valence-electron chi connectivity index (χ3n) is 3.44. The van der Waals surface area contributed by atoms with Gasteiger partial charge in [-0.15, -0.1) is 0 Å². The first-order valence-electron chi connectivity index (χ1n) is 6.43. The van der Waals surface area contributed by atoms with Crippen molar-refractivity contribution in [2.45, 2.75) is 59.3 Å². The summed E-state index contributed by atoms with van der Waals surface area (Å²) in [6, 6.07) is 0. The highest BCUT2D eigenvalue weighted by molar-refractivity contribution is 5.80. The number of hydrogen-bond acceptors (Lipinski definition) is 1. The summed E-state index contributed by atoms with van der Waals surface area (Å²) in [5.74, 6) is 0.661. The Balaban J connectivity index is 2.64. The summed E-state index contributed by atoms with van der Waals surface area (Å²) in [6.07, 6.45) is 10.6. The molecule has 1 nitrogen and oxygen atoms in total. The average molecular weight is 220 g/mol. The van der Waals surface area contributed by atoms with Crippen molar-refractivity contribution < 1.29 is 4.79 Å². The lowest BCUT2D eigenvalue weighted by Crippen LogP contribution is -2.10. The summed E-state index contributed by atoms with van der Waals surface area (Å²) in [4.78, 5) is 11.8. The minimum atomic E-state index is 0.233. The van der Waals surface area contributed by atoms with E-state index < -0.39 is 0 Å². The van der Waals surface area contributed by atoms with Crippen LogP contribution in [0, 0.1) is 5.92 Å². The zero-order chi connectivity index (χ0) is 12.0. The Morgan fingerprint density at radius 1 is 1.00 bits per heavy atom. The summed E-state index contributed by atoms with van der Waals surface area (Å²) < 4.78 is 0. The molecule has 0 radical (unpaired) electrons. The van der Waals surface area contributed by atoms with E-state index in [1.807, 2.05) is 0 Å². The summed E-state index contributed by atoms with van der Waals surface area (Å²) >= 11 is 0. The molecule has 0 aliphatic heterocycles. The number of Topliss-reactive ketones (excluding diaryl/α,β-unsaturated/α-hetero) is 1. The SMILES string of the molecule is C/C1=C/CCC(=O)C(C)CC/C(C)=C\CC1. The fraction of sp³-hybridized carbons (Fsp3) is 0.667. The Morgan fingerprint density at radius 2 is 1.56 bits per heavy atom. The van der Waals surface area contributed by atoms with E-state index >= 15 is 0 Å². The van der Waals surface area contributed by atoms with Gasteiger partial charge < -0.3 is 0 Å². The second-order valence-corrected chi connectivity index (χ2v) is 5.08. The first kappa shape index (κ1) is 13.2. The van der Waals surface area contributed by atoms with Gasteiger partial charge in [0, 0.05) is 12.3 Å². The largest absolute Gasteiger partial charge is 0.299 e. The Kier molecular flexibility index (Phi) is 5.51. The fourth-order valence-electron chi connectivity index (χ4n) is 2.06. The Hall–Kier alpha value is -0.850. The molecule has 1 unspecified atom stereocenters. The van der Waals surface area contributed by atoms with Crippen LogP contribution in [0.5, 0.6) is 0 Å². The van der Waals surface area contributed by atoms with Crippen LogP contribution in [0.3, 0.4) is 0 Å². The highest BCUT2D eigenvalue weighted by Crippen LogP contribution is 2.18. The van der Waals surface area contributed by atoms with Crippen molar-refractivity contribution in [3.05, 3.63) is 23.3 Å². The van der Waals surface area contributed by atoms with Crippen LogP contribution in [0.25, 0.3) is 0 Å². The van der Waals surface area contributed by atoms with Crippen LogP contribution in [0.4, 0.5) is 0 Å². The molecule has 0 aromatic carbocycles. The number of carbonyl (C=O) groups excluding carboxylic acids is 1. The van der Waals surface area contributed by atoms with Crippen LogP contribution >= 0.6 is 0 Å². The van der Waals surface area contributed by atoms with Crippen LogP contribution in [-0.4, -0.2) is 5.78 Å². The van der Waals surface area contributed by atoms with Gasteiger partial charge in [0.25, 0.3) is 0 Å². The van der Waals surface area contributed by atoms with E-state index in [0.29, 0.717) is 5.78 Å². The van der Waals surface area contributed by atoms with Crippen molar-refractivity contribution in [3.63, 3.8) is 0 Å². The maximum Gasteiger partial charge on any atom is 0.136 e. The molecule has 0 spiro atoms. The highest BCUT2D eigenvalue weighted by Gasteiger charge is 2.12. The molecule has 0 N–H and O–H groups in total. The van der Waals surface area contributed by atoms with Gasteiger partial charge in [-0.25, -0.2) is 0 Å². The zero-order valence-electron chi connectivity index (χ0n) is 10.9. The standard InChI is InChI=1S/C15H24O/c1-12-6-4-7-13(2)10-11-14(3)15(16)9-5-8-12/h7-8,14H,4-6,9-11H2,1-3H3/b12-8-,13-7-. The second kappa shape index (κ2) is 6.67. The molecule has 0 saturated heterocycles. The predicted molar refractivity (Wildman–Crippen MR) is 69.4 cm³/mol. The van der Waals surface area contributed by atoms with E-state index in [0.717, 1.165) is 38.5 Å². The van der Waals surface area contributed by atoms with Gasteiger partial charge >= 0.3 is 0 Å². The van der Waals surface area contributed by atoms with Crippen LogP contribution in [0.1, 0.15) is 59.3 Å². The molecule has 0 saturated carbocycles. The summed E-state index contributed by atoms with van der Waals surface area (Å²) in [6.45, 7) is 6.42. The molecule has 90 valence electrons. The minimum absolute atomic E-state index is 0.233. The number of hydrogen-bond donors (Lipinski definition) is 0. The quantitative estimate of drug-likeness (QED) is 0.552. The molecule has 0 bridgehead atoms. The molecule has 0 heterocycles. The van der Waals surface area contributed by atoms with Gasteiger partial charge in [0.05, 0.1) is 0 Å². The number of allylic oxidation sites excluding steroid dienone is 4. The Morgan fingerprint density at radius 3 is 2.25 bits per heavy atom. The van der Waals surface area contributed by atoms with E-state index in [2.05, 4.69) is 32.9 Å². The van der Waals surface area contributed by atoms with E-state index in [4.69, 9.17) is 0 Å². The van der Waals surface area contributed by atoms with Crippen molar-refractivity contribution in [1.29, 1.82) is 0 Å². The molecule has 0 fully saturated rings. The van der Waals surface area contributed by atoms with E-state index in [9.17, 15) is 4.79 Å². The van der Waals surface area contributed by atoms with Gasteiger partial charge in [0.2, 0.25) is 0 Å². The average Bonchev–Trinajstić information content (AvgIpc) is 2.24. The van der Waals surface area contributed by atoms with E-state index in [1.54, 1.807) is 0 Å². The molecular weight excluding hydrogens is 196 g/mol. The predicted octanol–water partition coefficient (Wildman–Crippen LogP) is 4.44. The molecule has 1 heteroatoms. The first-order chi connectivity index (χ1) is 7.59. The van der Waals surface area contributed by atoms with Crippen LogP contribution < -0.4 is 0 Å². The molecular formula is C15H24O. The molecule has 1 aliphatic carbocycles. The van der Waals surface area contributed by atoms with Crippen LogP contribution in [0.2, 0.25) is 0 Å². The van der Waals surface area contributed by atoms with Crippen molar-refractivity contribution >= 4 is 5.78 Å². The van der Waals surface area contributed by atoms with Crippen LogP contribution in [-0.2, 0) is 4.79 Å². The lowest BCUT2D eigenvalue weighted by atomic mass is 9.93. The monoisotopic (exact) mass is 220 g/mol.